The van der Waals surface area contributed by atoms with E-state index in [2.05, 4.69) is 5.32 Å². The fourth-order valence-electron chi connectivity index (χ4n) is 3.52. The predicted octanol–water partition coefficient (Wildman–Crippen LogP) is 1.60. The quantitative estimate of drug-likeness (QED) is 0.736. The molecule has 7 nitrogen and oxygen atoms in total. The molecule has 7 heteroatoms. The van der Waals surface area contributed by atoms with Crippen molar-refractivity contribution in [3.05, 3.63) is 35.9 Å². The van der Waals surface area contributed by atoms with Gasteiger partial charge in [0.1, 0.15) is 18.3 Å². The zero-order valence-corrected chi connectivity index (χ0v) is 15.6. The van der Waals surface area contributed by atoms with Crippen LogP contribution in [-0.2, 0) is 35.0 Å². The summed E-state index contributed by atoms with van der Waals surface area (Å²) in [5.74, 6) is -1.03. The van der Waals surface area contributed by atoms with Crippen LogP contribution < -0.4 is 5.32 Å². The maximum absolute atomic E-state index is 11.9. The van der Waals surface area contributed by atoms with Gasteiger partial charge in [-0.1, -0.05) is 30.3 Å². The largest absolute Gasteiger partial charge is 0.469 e. The third-order valence-electron chi connectivity index (χ3n) is 4.70. The lowest BCUT2D eigenvalue weighted by Crippen LogP contribution is -2.47. The number of carbonyl (C=O) groups is 1. The molecule has 1 aromatic rings. The van der Waals surface area contributed by atoms with E-state index < -0.39 is 18.2 Å². The number of carbonyl (C=O) groups excluding carboxylic acids is 1. The van der Waals surface area contributed by atoms with Crippen LogP contribution in [0.2, 0.25) is 0 Å². The number of rotatable bonds is 7. The predicted molar refractivity (Wildman–Crippen MR) is 93.2 cm³/mol. The molecule has 5 atom stereocenters. The Morgan fingerprint density at radius 3 is 2.54 bits per heavy atom. The van der Waals surface area contributed by atoms with Gasteiger partial charge in [-0.3, -0.25) is 4.79 Å². The Morgan fingerprint density at radius 1 is 1.19 bits per heavy atom. The Bertz CT molecular complexity index is 607. The van der Waals surface area contributed by atoms with Gasteiger partial charge in [-0.25, -0.2) is 0 Å². The Balaban J connectivity index is 1.75. The molecule has 0 amide bonds. The Morgan fingerprint density at radius 2 is 1.88 bits per heavy atom. The van der Waals surface area contributed by atoms with Crippen molar-refractivity contribution in [2.75, 3.05) is 14.2 Å². The maximum atomic E-state index is 11.9. The van der Waals surface area contributed by atoms with Crippen molar-refractivity contribution in [3.8, 4) is 0 Å². The number of hydrogen-bond acceptors (Lipinski definition) is 7. The standard InChI is InChI=1S/C19H27NO6/c1-19(2)25-16-15(24-18(23-4)17(16)26-19)13(10-14(21)22-3)20-11-12-8-6-5-7-9-12/h5-9,13,15-18,20H,10-11H2,1-4H3/t13-,15+,16-,17-,18-/m0/s1. The van der Waals surface area contributed by atoms with Crippen molar-refractivity contribution in [1.29, 1.82) is 0 Å². The SMILES string of the molecule is COC(=O)C[C@H](NCc1ccccc1)[C@H]1O[C@H](OC)[C@H]2OC(C)(C)O[C@H]21. The Hall–Kier alpha value is -1.51. The summed E-state index contributed by atoms with van der Waals surface area (Å²) in [5.41, 5.74) is 1.11. The average Bonchev–Trinajstić information content (AvgIpc) is 3.12. The summed E-state index contributed by atoms with van der Waals surface area (Å²) in [6, 6.07) is 9.67. The molecule has 2 aliphatic rings. The minimum atomic E-state index is -0.719. The molecular formula is C19H27NO6. The highest BCUT2D eigenvalue weighted by molar-refractivity contribution is 5.70. The van der Waals surface area contributed by atoms with Gasteiger partial charge in [0.15, 0.2) is 12.1 Å². The van der Waals surface area contributed by atoms with Gasteiger partial charge in [-0.15, -0.1) is 0 Å². The number of benzene rings is 1. The molecule has 0 aliphatic carbocycles. The molecule has 2 aliphatic heterocycles. The maximum Gasteiger partial charge on any atom is 0.307 e. The fraction of sp³-hybridized carbons (Fsp3) is 0.632. The summed E-state index contributed by atoms with van der Waals surface area (Å²) in [6.07, 6.45) is -1.43. The summed E-state index contributed by atoms with van der Waals surface area (Å²) in [5, 5.41) is 3.41. The molecule has 0 aromatic heterocycles. The summed E-state index contributed by atoms with van der Waals surface area (Å²) < 4.78 is 28.3. The first-order chi connectivity index (χ1) is 12.4. The molecule has 26 heavy (non-hydrogen) atoms. The zero-order valence-electron chi connectivity index (χ0n) is 15.6. The molecule has 0 radical (unpaired) electrons. The molecule has 3 rings (SSSR count). The first-order valence-corrected chi connectivity index (χ1v) is 8.81. The van der Waals surface area contributed by atoms with Crippen LogP contribution in [0.4, 0.5) is 0 Å². The van der Waals surface area contributed by atoms with Crippen LogP contribution in [-0.4, -0.2) is 56.6 Å². The summed E-state index contributed by atoms with van der Waals surface area (Å²) in [6.45, 7) is 4.32. The first-order valence-electron chi connectivity index (χ1n) is 8.81. The van der Waals surface area contributed by atoms with E-state index in [4.69, 9.17) is 23.7 Å². The van der Waals surface area contributed by atoms with Gasteiger partial charge in [0.05, 0.1) is 13.5 Å². The van der Waals surface area contributed by atoms with Crippen molar-refractivity contribution in [3.63, 3.8) is 0 Å². The van der Waals surface area contributed by atoms with Crippen LogP contribution in [0.3, 0.4) is 0 Å². The van der Waals surface area contributed by atoms with E-state index in [0.717, 1.165) is 5.56 Å². The lowest BCUT2D eigenvalue weighted by Gasteiger charge is -2.29. The van der Waals surface area contributed by atoms with Gasteiger partial charge in [-0.05, 0) is 19.4 Å². The highest BCUT2D eigenvalue weighted by atomic mass is 16.8. The molecule has 144 valence electrons. The number of fused-ring (bicyclic) bond motifs is 1. The molecular weight excluding hydrogens is 338 g/mol. The van der Waals surface area contributed by atoms with Crippen LogP contribution in [0, 0.1) is 0 Å². The summed E-state index contributed by atoms with van der Waals surface area (Å²) >= 11 is 0. The smallest absolute Gasteiger partial charge is 0.307 e. The normalized spacial score (nSPS) is 30.8. The van der Waals surface area contributed by atoms with Gasteiger partial charge >= 0.3 is 5.97 Å². The number of esters is 1. The minimum Gasteiger partial charge on any atom is -0.469 e. The summed E-state index contributed by atoms with van der Waals surface area (Å²) in [4.78, 5) is 11.9. The van der Waals surface area contributed by atoms with Crippen LogP contribution in [0.25, 0.3) is 0 Å². The monoisotopic (exact) mass is 365 g/mol. The second-order valence-corrected chi connectivity index (χ2v) is 7.02. The van der Waals surface area contributed by atoms with Crippen molar-refractivity contribution in [2.45, 2.75) is 63.2 Å². The lowest BCUT2D eigenvalue weighted by molar-refractivity contribution is -0.230. The van der Waals surface area contributed by atoms with E-state index in [1.54, 1.807) is 7.11 Å². The third-order valence-corrected chi connectivity index (χ3v) is 4.70. The molecule has 2 saturated heterocycles. The van der Waals surface area contributed by atoms with Crippen molar-refractivity contribution < 1.29 is 28.5 Å². The highest BCUT2D eigenvalue weighted by Gasteiger charge is 2.57. The second kappa shape index (κ2) is 8.02. The van der Waals surface area contributed by atoms with Crippen molar-refractivity contribution in [1.82, 2.24) is 5.32 Å². The molecule has 0 saturated carbocycles. The Kier molecular flexibility index (Phi) is 5.94. The van der Waals surface area contributed by atoms with E-state index in [-0.39, 0.29) is 30.6 Å². The Labute approximate surface area is 153 Å². The first kappa shape index (κ1) is 19.3. The van der Waals surface area contributed by atoms with Gasteiger partial charge < -0.3 is 29.0 Å². The van der Waals surface area contributed by atoms with E-state index in [1.165, 1.54) is 7.11 Å². The van der Waals surface area contributed by atoms with Crippen LogP contribution in [0.15, 0.2) is 30.3 Å². The number of methoxy groups -OCH3 is 2. The van der Waals surface area contributed by atoms with E-state index in [1.807, 2.05) is 44.2 Å². The molecule has 2 heterocycles. The lowest BCUT2D eigenvalue weighted by atomic mass is 10.0. The number of nitrogens with one attached hydrogen (secondary N) is 1. The molecule has 1 aromatic carbocycles. The van der Waals surface area contributed by atoms with Gasteiger partial charge in [0.25, 0.3) is 0 Å². The van der Waals surface area contributed by atoms with E-state index in [0.29, 0.717) is 6.54 Å². The van der Waals surface area contributed by atoms with E-state index in [9.17, 15) is 4.79 Å². The van der Waals surface area contributed by atoms with Crippen LogP contribution in [0.5, 0.6) is 0 Å². The molecule has 0 unspecified atom stereocenters. The topological polar surface area (TPSA) is 75.3 Å². The highest BCUT2D eigenvalue weighted by Crippen LogP contribution is 2.40. The average molecular weight is 365 g/mol. The zero-order chi connectivity index (χ0) is 18.7. The molecule has 0 bridgehead atoms. The van der Waals surface area contributed by atoms with Crippen molar-refractivity contribution >= 4 is 5.97 Å². The third kappa shape index (κ3) is 4.24. The van der Waals surface area contributed by atoms with Crippen LogP contribution in [0.1, 0.15) is 25.8 Å². The molecule has 2 fully saturated rings. The molecule has 1 N–H and O–H groups in total. The minimum absolute atomic E-state index is 0.164. The van der Waals surface area contributed by atoms with Crippen LogP contribution >= 0.6 is 0 Å². The van der Waals surface area contributed by atoms with E-state index >= 15 is 0 Å². The van der Waals surface area contributed by atoms with Gasteiger partial charge in [-0.2, -0.15) is 0 Å². The fourth-order valence-corrected chi connectivity index (χ4v) is 3.52. The summed E-state index contributed by atoms with van der Waals surface area (Å²) in [7, 11) is 2.96. The number of ether oxygens (including phenoxy) is 5. The second-order valence-electron chi connectivity index (χ2n) is 7.02. The molecule has 0 spiro atoms. The van der Waals surface area contributed by atoms with Gasteiger partial charge in [0, 0.05) is 19.7 Å². The van der Waals surface area contributed by atoms with Crippen molar-refractivity contribution in [2.24, 2.45) is 0 Å². The van der Waals surface area contributed by atoms with Gasteiger partial charge in [0.2, 0.25) is 0 Å². The number of hydrogen-bond donors (Lipinski definition) is 1.